The van der Waals surface area contributed by atoms with Crippen molar-refractivity contribution in [2.24, 2.45) is 0 Å². The molecular formula is C44H29NS. The third-order valence-electron chi connectivity index (χ3n) is 9.04. The van der Waals surface area contributed by atoms with Gasteiger partial charge in [-0.05, 0) is 80.9 Å². The van der Waals surface area contributed by atoms with E-state index in [1.807, 2.05) is 11.3 Å². The van der Waals surface area contributed by atoms with Crippen molar-refractivity contribution in [1.82, 2.24) is 0 Å². The summed E-state index contributed by atoms with van der Waals surface area (Å²) in [5.41, 5.74) is 8.33. The third kappa shape index (κ3) is 4.38. The lowest BCUT2D eigenvalue weighted by atomic mass is 9.94. The standard InChI is InChI=1S/C44H29NS/c1-3-13-30(14-4-1)35-26-27-40(38-21-8-7-20-37(35)38)45(33-17-5-2-6-18-33)34-19-11-16-32(29-34)36-23-12-15-31-25-28-42-44(43(31)36)39-22-9-10-24-41(39)46-42/h1-29H. The van der Waals surface area contributed by atoms with Crippen molar-refractivity contribution in [3.05, 3.63) is 176 Å². The number of benzene rings is 8. The molecule has 9 aromatic rings. The molecule has 0 fully saturated rings. The van der Waals surface area contributed by atoms with Crippen molar-refractivity contribution in [3.63, 3.8) is 0 Å². The average Bonchev–Trinajstić information content (AvgIpc) is 3.52. The number of hydrogen-bond acceptors (Lipinski definition) is 2. The molecule has 1 aromatic heterocycles. The van der Waals surface area contributed by atoms with Crippen LogP contribution in [0.3, 0.4) is 0 Å². The Morgan fingerprint density at radius 2 is 1.04 bits per heavy atom. The number of para-hydroxylation sites is 1. The van der Waals surface area contributed by atoms with Crippen LogP contribution in [0.2, 0.25) is 0 Å². The van der Waals surface area contributed by atoms with Crippen molar-refractivity contribution >= 4 is 70.1 Å². The Kier molecular flexibility index (Phi) is 6.40. The van der Waals surface area contributed by atoms with Crippen LogP contribution >= 0.6 is 11.3 Å². The first-order valence-electron chi connectivity index (χ1n) is 15.7. The second kappa shape index (κ2) is 11.0. The van der Waals surface area contributed by atoms with Gasteiger partial charge in [0.15, 0.2) is 0 Å². The molecule has 0 aliphatic carbocycles. The van der Waals surface area contributed by atoms with E-state index in [0.29, 0.717) is 0 Å². The minimum atomic E-state index is 1.13. The van der Waals surface area contributed by atoms with E-state index in [2.05, 4.69) is 181 Å². The quantitative estimate of drug-likeness (QED) is 0.189. The second-order valence-corrected chi connectivity index (χ2v) is 12.8. The largest absolute Gasteiger partial charge is 0.310 e. The normalized spacial score (nSPS) is 11.5. The lowest BCUT2D eigenvalue weighted by Gasteiger charge is -2.28. The molecule has 0 spiro atoms. The Morgan fingerprint density at radius 1 is 0.370 bits per heavy atom. The number of hydrogen-bond donors (Lipinski definition) is 0. The van der Waals surface area contributed by atoms with E-state index >= 15 is 0 Å². The summed E-state index contributed by atoms with van der Waals surface area (Å²) in [7, 11) is 0. The summed E-state index contributed by atoms with van der Waals surface area (Å²) in [5, 5.41) is 7.72. The molecule has 0 radical (unpaired) electrons. The summed E-state index contributed by atoms with van der Waals surface area (Å²) in [6.45, 7) is 0. The van der Waals surface area contributed by atoms with Gasteiger partial charge in [0.1, 0.15) is 0 Å². The Balaban J connectivity index is 1.27. The lowest BCUT2D eigenvalue weighted by Crippen LogP contribution is -2.10. The van der Waals surface area contributed by atoms with E-state index in [9.17, 15) is 0 Å². The van der Waals surface area contributed by atoms with E-state index in [1.54, 1.807) is 0 Å². The molecule has 0 aliphatic heterocycles. The molecule has 0 atom stereocenters. The van der Waals surface area contributed by atoms with Gasteiger partial charge >= 0.3 is 0 Å². The predicted molar refractivity (Wildman–Crippen MR) is 200 cm³/mol. The molecule has 0 aliphatic rings. The van der Waals surface area contributed by atoms with Gasteiger partial charge in [0.25, 0.3) is 0 Å². The smallest absolute Gasteiger partial charge is 0.0540 e. The Morgan fingerprint density at radius 3 is 1.89 bits per heavy atom. The summed E-state index contributed by atoms with van der Waals surface area (Å²) in [4.78, 5) is 2.40. The Hall–Kier alpha value is -5.70. The van der Waals surface area contributed by atoms with Crippen LogP contribution in [0.5, 0.6) is 0 Å². The number of rotatable bonds is 5. The van der Waals surface area contributed by atoms with E-state index in [1.165, 1.54) is 64.0 Å². The molecule has 46 heavy (non-hydrogen) atoms. The second-order valence-electron chi connectivity index (χ2n) is 11.7. The summed E-state index contributed by atoms with van der Waals surface area (Å²) in [6, 6.07) is 63.9. The summed E-state index contributed by atoms with van der Waals surface area (Å²) in [6.07, 6.45) is 0. The van der Waals surface area contributed by atoms with Crippen molar-refractivity contribution < 1.29 is 0 Å². The zero-order valence-electron chi connectivity index (χ0n) is 25.1. The Labute approximate surface area is 272 Å². The zero-order chi connectivity index (χ0) is 30.5. The van der Waals surface area contributed by atoms with E-state index in [0.717, 1.165) is 17.1 Å². The molecule has 216 valence electrons. The van der Waals surface area contributed by atoms with Gasteiger partial charge < -0.3 is 4.90 Å². The predicted octanol–water partition coefficient (Wildman–Crippen LogP) is 13.2. The van der Waals surface area contributed by atoms with Gasteiger partial charge in [-0.2, -0.15) is 0 Å². The average molecular weight is 604 g/mol. The van der Waals surface area contributed by atoms with Gasteiger partial charge in [-0.25, -0.2) is 0 Å². The summed E-state index contributed by atoms with van der Waals surface area (Å²) < 4.78 is 2.66. The minimum Gasteiger partial charge on any atom is -0.310 e. The minimum absolute atomic E-state index is 1.13. The first-order valence-corrected chi connectivity index (χ1v) is 16.5. The molecule has 0 amide bonds. The van der Waals surface area contributed by atoms with Crippen molar-refractivity contribution in [2.75, 3.05) is 4.90 Å². The van der Waals surface area contributed by atoms with Crippen molar-refractivity contribution in [1.29, 1.82) is 0 Å². The maximum absolute atomic E-state index is 2.40. The molecular weight excluding hydrogens is 575 g/mol. The topological polar surface area (TPSA) is 3.24 Å². The van der Waals surface area contributed by atoms with E-state index in [-0.39, 0.29) is 0 Å². The molecule has 0 saturated heterocycles. The lowest BCUT2D eigenvalue weighted by molar-refractivity contribution is 1.30. The summed E-state index contributed by atoms with van der Waals surface area (Å²) >= 11 is 1.88. The number of thiophene rings is 1. The molecule has 8 aromatic carbocycles. The molecule has 2 heteroatoms. The number of nitrogens with zero attached hydrogens (tertiary/aromatic N) is 1. The fraction of sp³-hybridized carbons (Fsp3) is 0. The van der Waals surface area contributed by atoms with E-state index < -0.39 is 0 Å². The zero-order valence-corrected chi connectivity index (χ0v) is 25.9. The Bertz CT molecular complexity index is 2530. The van der Waals surface area contributed by atoms with Gasteiger partial charge in [-0.15, -0.1) is 11.3 Å². The van der Waals surface area contributed by atoms with Gasteiger partial charge in [0, 0.05) is 36.9 Å². The highest BCUT2D eigenvalue weighted by atomic mass is 32.1. The highest BCUT2D eigenvalue weighted by Gasteiger charge is 2.19. The van der Waals surface area contributed by atoms with Crippen molar-refractivity contribution in [3.8, 4) is 22.3 Å². The van der Waals surface area contributed by atoms with Crippen molar-refractivity contribution in [2.45, 2.75) is 0 Å². The van der Waals surface area contributed by atoms with Crippen LogP contribution in [-0.2, 0) is 0 Å². The van der Waals surface area contributed by atoms with Crippen LogP contribution < -0.4 is 4.90 Å². The number of anilines is 3. The highest BCUT2D eigenvalue weighted by Crippen LogP contribution is 2.45. The van der Waals surface area contributed by atoms with Crippen LogP contribution in [0.1, 0.15) is 0 Å². The molecule has 0 unspecified atom stereocenters. The molecule has 0 bridgehead atoms. The number of fused-ring (bicyclic) bond motifs is 6. The molecule has 1 heterocycles. The van der Waals surface area contributed by atoms with E-state index in [4.69, 9.17) is 0 Å². The monoisotopic (exact) mass is 603 g/mol. The molecule has 9 rings (SSSR count). The fourth-order valence-corrected chi connectivity index (χ4v) is 8.11. The molecule has 1 nitrogen and oxygen atoms in total. The SMILES string of the molecule is c1ccc(-c2ccc(N(c3ccccc3)c3cccc(-c4cccc5ccc6sc7ccccc7c6c45)c3)c3ccccc23)cc1. The fourth-order valence-electron chi connectivity index (χ4n) is 7.00. The van der Waals surface area contributed by atoms with Crippen LogP contribution in [-0.4, -0.2) is 0 Å². The van der Waals surface area contributed by atoms with Crippen LogP contribution in [0.15, 0.2) is 176 Å². The van der Waals surface area contributed by atoms with Crippen LogP contribution in [0.25, 0.3) is 64.0 Å². The first-order chi connectivity index (χ1) is 22.8. The maximum Gasteiger partial charge on any atom is 0.0540 e. The first kappa shape index (κ1) is 26.7. The highest BCUT2D eigenvalue weighted by molar-refractivity contribution is 7.26. The summed E-state index contributed by atoms with van der Waals surface area (Å²) in [5.74, 6) is 0. The van der Waals surface area contributed by atoms with Crippen LogP contribution in [0, 0.1) is 0 Å². The van der Waals surface area contributed by atoms with Crippen LogP contribution in [0.4, 0.5) is 17.1 Å². The van der Waals surface area contributed by atoms with Gasteiger partial charge in [-0.1, -0.05) is 133 Å². The molecule has 0 saturated carbocycles. The maximum atomic E-state index is 2.40. The van der Waals surface area contributed by atoms with Gasteiger partial charge in [0.2, 0.25) is 0 Å². The molecule has 0 N–H and O–H groups in total. The van der Waals surface area contributed by atoms with Gasteiger partial charge in [0.05, 0.1) is 5.69 Å². The van der Waals surface area contributed by atoms with Gasteiger partial charge in [-0.3, -0.25) is 0 Å². The third-order valence-corrected chi connectivity index (χ3v) is 10.2.